The number of hydrogen-bond acceptors (Lipinski definition) is 3. The van der Waals surface area contributed by atoms with Gasteiger partial charge in [0, 0.05) is 24.2 Å². The van der Waals surface area contributed by atoms with E-state index in [2.05, 4.69) is 16.7 Å². The van der Waals surface area contributed by atoms with Crippen LogP contribution in [-0.4, -0.2) is 23.7 Å². The zero-order chi connectivity index (χ0) is 14.4. The van der Waals surface area contributed by atoms with Crippen LogP contribution in [0.15, 0.2) is 41.2 Å². The van der Waals surface area contributed by atoms with E-state index in [0.717, 1.165) is 17.7 Å². The number of aliphatic hydroxyl groups excluding tert-OH is 1. The van der Waals surface area contributed by atoms with Gasteiger partial charge in [0.25, 0.3) is 0 Å². The van der Waals surface area contributed by atoms with Gasteiger partial charge in [0.05, 0.1) is 12.5 Å². The first-order valence-electron chi connectivity index (χ1n) is 6.26. The molecule has 0 saturated carbocycles. The minimum atomic E-state index is -0.318. The monoisotopic (exact) mass is 273 g/mol. The van der Waals surface area contributed by atoms with E-state index in [0.29, 0.717) is 12.1 Å². The van der Waals surface area contributed by atoms with Gasteiger partial charge in [-0.3, -0.25) is 4.90 Å². The number of furan rings is 1. The van der Waals surface area contributed by atoms with Crippen LogP contribution in [0.5, 0.6) is 0 Å². The Morgan fingerprint density at radius 3 is 2.75 bits per heavy atom. The van der Waals surface area contributed by atoms with E-state index in [-0.39, 0.29) is 12.4 Å². The Balaban J connectivity index is 2.06. The third-order valence-corrected chi connectivity index (χ3v) is 2.75. The summed E-state index contributed by atoms with van der Waals surface area (Å²) in [6.45, 7) is 1.10. The molecule has 104 valence electrons. The predicted octanol–water partition coefficient (Wildman–Crippen LogP) is 2.39. The SMILES string of the molecule is CN(Cc1ccoc1)Cc1cc(F)cc(C#CCO)c1. The van der Waals surface area contributed by atoms with Crippen LogP contribution in [0.2, 0.25) is 0 Å². The number of nitrogens with zero attached hydrogens (tertiary/aromatic N) is 1. The molecule has 0 aliphatic heterocycles. The summed E-state index contributed by atoms with van der Waals surface area (Å²) in [5.74, 6) is 4.92. The summed E-state index contributed by atoms with van der Waals surface area (Å²) in [5, 5.41) is 8.67. The van der Waals surface area contributed by atoms with Gasteiger partial charge in [0.1, 0.15) is 12.4 Å². The quantitative estimate of drug-likeness (QED) is 0.869. The second-order valence-electron chi connectivity index (χ2n) is 4.61. The number of halogens is 1. The average molecular weight is 273 g/mol. The molecule has 0 amide bonds. The zero-order valence-corrected chi connectivity index (χ0v) is 11.3. The van der Waals surface area contributed by atoms with E-state index in [1.54, 1.807) is 12.5 Å². The lowest BCUT2D eigenvalue weighted by molar-refractivity contribution is 0.317. The Bertz CT molecular complexity index is 611. The minimum absolute atomic E-state index is 0.230. The lowest BCUT2D eigenvalue weighted by atomic mass is 10.1. The van der Waals surface area contributed by atoms with Gasteiger partial charge < -0.3 is 9.52 Å². The van der Waals surface area contributed by atoms with E-state index in [1.807, 2.05) is 19.2 Å². The van der Waals surface area contributed by atoms with E-state index in [4.69, 9.17) is 9.52 Å². The summed E-state index contributed by atoms with van der Waals surface area (Å²) in [6, 6.07) is 6.59. The summed E-state index contributed by atoms with van der Waals surface area (Å²) in [5.41, 5.74) is 2.49. The van der Waals surface area contributed by atoms with Crippen molar-refractivity contribution in [3.05, 3.63) is 59.3 Å². The third kappa shape index (κ3) is 4.23. The zero-order valence-electron chi connectivity index (χ0n) is 11.3. The fourth-order valence-electron chi connectivity index (χ4n) is 2.02. The molecule has 0 unspecified atom stereocenters. The van der Waals surface area contributed by atoms with Gasteiger partial charge in [-0.1, -0.05) is 11.8 Å². The summed E-state index contributed by atoms with van der Waals surface area (Å²) in [7, 11) is 1.96. The van der Waals surface area contributed by atoms with Crippen LogP contribution >= 0.6 is 0 Å². The van der Waals surface area contributed by atoms with Crippen molar-refractivity contribution < 1.29 is 13.9 Å². The lowest BCUT2D eigenvalue weighted by Crippen LogP contribution is -2.17. The highest BCUT2D eigenvalue weighted by Crippen LogP contribution is 2.12. The highest BCUT2D eigenvalue weighted by molar-refractivity contribution is 5.37. The second-order valence-corrected chi connectivity index (χ2v) is 4.61. The van der Waals surface area contributed by atoms with Gasteiger partial charge in [-0.15, -0.1) is 0 Å². The molecule has 0 spiro atoms. The molecule has 1 N–H and O–H groups in total. The van der Waals surface area contributed by atoms with E-state index < -0.39 is 0 Å². The van der Waals surface area contributed by atoms with Crippen LogP contribution < -0.4 is 0 Å². The van der Waals surface area contributed by atoms with Gasteiger partial charge in [-0.05, 0) is 36.9 Å². The number of rotatable bonds is 4. The molecule has 2 rings (SSSR count). The van der Waals surface area contributed by atoms with Crippen LogP contribution in [-0.2, 0) is 13.1 Å². The molecule has 0 fully saturated rings. The molecule has 0 aliphatic carbocycles. The number of aliphatic hydroxyl groups is 1. The van der Waals surface area contributed by atoms with Gasteiger partial charge in [-0.25, -0.2) is 4.39 Å². The van der Waals surface area contributed by atoms with Crippen molar-refractivity contribution in [3.8, 4) is 11.8 Å². The van der Waals surface area contributed by atoms with E-state index >= 15 is 0 Å². The van der Waals surface area contributed by atoms with Crippen molar-refractivity contribution in [1.29, 1.82) is 0 Å². The molecular formula is C16H16FNO2. The predicted molar refractivity (Wildman–Crippen MR) is 74.2 cm³/mol. The van der Waals surface area contributed by atoms with Crippen molar-refractivity contribution in [1.82, 2.24) is 4.90 Å². The maximum atomic E-state index is 13.5. The molecule has 1 aromatic heterocycles. The highest BCUT2D eigenvalue weighted by atomic mass is 19.1. The molecular weight excluding hydrogens is 257 g/mol. The van der Waals surface area contributed by atoms with Crippen molar-refractivity contribution >= 4 is 0 Å². The van der Waals surface area contributed by atoms with Crippen molar-refractivity contribution in [2.45, 2.75) is 13.1 Å². The van der Waals surface area contributed by atoms with Crippen molar-refractivity contribution in [3.63, 3.8) is 0 Å². The molecule has 0 saturated heterocycles. The molecule has 0 bridgehead atoms. The maximum absolute atomic E-state index is 13.5. The largest absolute Gasteiger partial charge is 0.472 e. The molecule has 1 heterocycles. The third-order valence-electron chi connectivity index (χ3n) is 2.75. The van der Waals surface area contributed by atoms with Crippen molar-refractivity contribution in [2.24, 2.45) is 0 Å². The van der Waals surface area contributed by atoms with E-state index in [1.165, 1.54) is 12.1 Å². The molecule has 2 aromatic rings. The standard InChI is InChI=1S/C16H16FNO2/c1-18(10-14-4-6-20-12-14)11-15-7-13(3-2-5-19)8-16(17)9-15/h4,6-9,12,19H,5,10-11H2,1H3. The molecule has 1 aromatic carbocycles. The first-order chi connectivity index (χ1) is 9.67. The van der Waals surface area contributed by atoms with E-state index in [9.17, 15) is 4.39 Å². The second kappa shape index (κ2) is 6.90. The van der Waals surface area contributed by atoms with Crippen LogP contribution in [0.1, 0.15) is 16.7 Å². The number of hydrogen-bond donors (Lipinski definition) is 1. The fraction of sp³-hybridized carbons (Fsp3) is 0.250. The van der Waals surface area contributed by atoms with Crippen LogP contribution in [0.25, 0.3) is 0 Å². The summed E-state index contributed by atoms with van der Waals surface area (Å²) in [6.07, 6.45) is 3.33. The Morgan fingerprint density at radius 2 is 2.05 bits per heavy atom. The van der Waals surface area contributed by atoms with Crippen LogP contribution in [0.4, 0.5) is 4.39 Å². The van der Waals surface area contributed by atoms with Gasteiger partial charge in [0.2, 0.25) is 0 Å². The normalized spacial score (nSPS) is 10.4. The van der Waals surface area contributed by atoms with Gasteiger partial charge >= 0.3 is 0 Å². The molecule has 0 radical (unpaired) electrons. The van der Waals surface area contributed by atoms with Gasteiger partial charge in [-0.2, -0.15) is 0 Å². The molecule has 20 heavy (non-hydrogen) atoms. The Kier molecular flexibility index (Phi) is 4.94. The summed E-state index contributed by atoms with van der Waals surface area (Å²) in [4.78, 5) is 2.06. The lowest BCUT2D eigenvalue weighted by Gasteiger charge is -2.15. The number of benzene rings is 1. The highest BCUT2D eigenvalue weighted by Gasteiger charge is 2.05. The molecule has 3 nitrogen and oxygen atoms in total. The minimum Gasteiger partial charge on any atom is -0.472 e. The Hall–Kier alpha value is -2.09. The smallest absolute Gasteiger partial charge is 0.124 e. The van der Waals surface area contributed by atoms with Crippen molar-refractivity contribution in [2.75, 3.05) is 13.7 Å². The van der Waals surface area contributed by atoms with Gasteiger partial charge in [0.15, 0.2) is 0 Å². The Labute approximate surface area is 117 Å². The molecule has 4 heteroatoms. The van der Waals surface area contributed by atoms with Crippen LogP contribution in [0.3, 0.4) is 0 Å². The maximum Gasteiger partial charge on any atom is 0.124 e. The topological polar surface area (TPSA) is 36.6 Å². The molecule has 0 aliphatic rings. The first-order valence-corrected chi connectivity index (χ1v) is 6.26. The Morgan fingerprint density at radius 1 is 1.25 bits per heavy atom. The summed E-state index contributed by atoms with van der Waals surface area (Å²) >= 11 is 0. The summed E-state index contributed by atoms with van der Waals surface area (Å²) < 4.78 is 18.5. The average Bonchev–Trinajstić information content (AvgIpc) is 2.88. The molecule has 0 atom stereocenters. The first kappa shape index (κ1) is 14.3. The van der Waals surface area contributed by atoms with Crippen LogP contribution in [0, 0.1) is 17.7 Å². The fourth-order valence-corrected chi connectivity index (χ4v) is 2.02.